The van der Waals surface area contributed by atoms with Gasteiger partial charge in [0.2, 0.25) is 0 Å². The molecule has 0 aromatic heterocycles. The minimum Gasteiger partial charge on any atom is -0.482 e. The number of carbonyl (C=O) groups is 2. The van der Waals surface area contributed by atoms with E-state index >= 15 is 0 Å². The van der Waals surface area contributed by atoms with Gasteiger partial charge < -0.3 is 29.9 Å². The molecule has 0 fully saturated rings. The first kappa shape index (κ1) is 27.9. The lowest BCUT2D eigenvalue weighted by Gasteiger charge is -2.21. The lowest BCUT2D eigenvalue weighted by Crippen LogP contribution is -2.42. The van der Waals surface area contributed by atoms with Crippen molar-refractivity contribution in [1.82, 2.24) is 0 Å². The summed E-state index contributed by atoms with van der Waals surface area (Å²) < 4.78 is 38.1. The van der Waals surface area contributed by atoms with E-state index in [9.17, 15) is 33.7 Å². The molecule has 196 valence electrons. The van der Waals surface area contributed by atoms with Crippen molar-refractivity contribution < 1.29 is 48.3 Å². The molecule has 0 saturated carbocycles. The molecule has 3 aromatic carbocycles. The monoisotopic (exact) mass is 516 g/mol. The molecular formula is C27H26F2O8. The van der Waals surface area contributed by atoms with Gasteiger partial charge in [-0.25, -0.2) is 13.6 Å². The molecule has 0 radical (unpaired) electrons. The Morgan fingerprint density at radius 3 is 2.32 bits per heavy atom. The van der Waals surface area contributed by atoms with Crippen molar-refractivity contribution in [2.45, 2.75) is 24.7 Å². The fourth-order valence-corrected chi connectivity index (χ4v) is 3.44. The third kappa shape index (κ3) is 7.89. The number of aliphatic hydroxyl groups is 4. The molecule has 0 saturated heterocycles. The van der Waals surface area contributed by atoms with E-state index in [1.54, 1.807) is 18.2 Å². The van der Waals surface area contributed by atoms with E-state index in [2.05, 4.69) is 0 Å². The van der Waals surface area contributed by atoms with E-state index in [0.717, 1.165) is 6.07 Å². The second kappa shape index (κ2) is 13.0. The quantitative estimate of drug-likeness (QED) is 0.212. The van der Waals surface area contributed by atoms with Gasteiger partial charge in [0.15, 0.2) is 12.4 Å². The van der Waals surface area contributed by atoms with Gasteiger partial charge in [-0.05, 0) is 53.1 Å². The molecule has 0 aliphatic rings. The lowest BCUT2D eigenvalue weighted by molar-refractivity contribution is -0.154. The highest BCUT2D eigenvalue weighted by Crippen LogP contribution is 2.24. The minimum atomic E-state index is -1.70. The maximum atomic E-state index is 14.4. The molecule has 8 nitrogen and oxygen atoms in total. The summed E-state index contributed by atoms with van der Waals surface area (Å²) in [6.07, 6.45) is -5.07. The summed E-state index contributed by atoms with van der Waals surface area (Å²) in [5, 5.41) is 37.3. The van der Waals surface area contributed by atoms with Crippen molar-refractivity contribution in [3.63, 3.8) is 0 Å². The van der Waals surface area contributed by atoms with Crippen LogP contribution in [0.1, 0.15) is 15.9 Å². The molecule has 3 atom stereocenters. The summed E-state index contributed by atoms with van der Waals surface area (Å²) in [6.45, 7) is -1.96. The number of hydrogen-bond donors (Lipinski definition) is 4. The van der Waals surface area contributed by atoms with Crippen LogP contribution in [-0.2, 0) is 16.0 Å². The first-order chi connectivity index (χ1) is 17.7. The van der Waals surface area contributed by atoms with E-state index in [1.807, 2.05) is 0 Å². The predicted octanol–water partition coefficient (Wildman–Crippen LogP) is 2.05. The van der Waals surface area contributed by atoms with Crippen LogP contribution in [0.3, 0.4) is 0 Å². The Morgan fingerprint density at radius 2 is 1.59 bits per heavy atom. The maximum absolute atomic E-state index is 14.4. The molecule has 0 aliphatic carbocycles. The fourth-order valence-electron chi connectivity index (χ4n) is 3.44. The molecule has 0 aliphatic heterocycles. The number of ketones is 1. The van der Waals surface area contributed by atoms with E-state index in [0.29, 0.717) is 16.7 Å². The Hall–Kier alpha value is -3.70. The first-order valence-corrected chi connectivity index (χ1v) is 11.3. The van der Waals surface area contributed by atoms with E-state index in [1.165, 1.54) is 42.5 Å². The Labute approximate surface area is 211 Å². The van der Waals surface area contributed by atoms with Crippen LogP contribution >= 0.6 is 0 Å². The van der Waals surface area contributed by atoms with Crippen LogP contribution in [0, 0.1) is 11.6 Å². The number of benzene rings is 3. The number of Topliss-reactive ketones (excluding diaryl/α,β-unsaturated/α-hetero) is 1. The highest BCUT2D eigenvalue weighted by atomic mass is 19.1. The minimum absolute atomic E-state index is 0.149. The van der Waals surface area contributed by atoms with Gasteiger partial charge in [0.25, 0.3) is 0 Å². The highest BCUT2D eigenvalue weighted by molar-refractivity contribution is 5.98. The molecule has 3 aromatic rings. The smallest absolute Gasteiger partial charge is 0.344 e. The van der Waals surface area contributed by atoms with Crippen molar-refractivity contribution in [1.29, 1.82) is 0 Å². The maximum Gasteiger partial charge on any atom is 0.344 e. The van der Waals surface area contributed by atoms with Crippen molar-refractivity contribution in [3.05, 3.63) is 89.5 Å². The second-order valence-corrected chi connectivity index (χ2v) is 8.23. The highest BCUT2D eigenvalue weighted by Gasteiger charge is 2.25. The normalized spacial score (nSPS) is 13.5. The summed E-state index contributed by atoms with van der Waals surface area (Å²) in [4.78, 5) is 24.7. The van der Waals surface area contributed by atoms with E-state index in [-0.39, 0.29) is 17.7 Å². The van der Waals surface area contributed by atoms with Gasteiger partial charge in [-0.15, -0.1) is 0 Å². The third-order valence-corrected chi connectivity index (χ3v) is 5.44. The van der Waals surface area contributed by atoms with Gasteiger partial charge in [-0.2, -0.15) is 0 Å². The second-order valence-electron chi connectivity index (χ2n) is 8.23. The zero-order valence-corrected chi connectivity index (χ0v) is 19.6. The number of esters is 1. The van der Waals surface area contributed by atoms with Gasteiger partial charge in [-0.1, -0.05) is 30.3 Å². The standard InChI is InChI=1S/C27H26F2O8/c28-19-5-2-4-17(11-19)18-7-8-22(29)21(12-18)23(31)10-16-3-1-6-20(9-16)36-15-26(34)37-14-25(33)27(35)24(32)13-30/h1-9,11-12,24-25,27,30,32-33,35H,10,13-15H2. The van der Waals surface area contributed by atoms with Crippen molar-refractivity contribution in [3.8, 4) is 16.9 Å². The Morgan fingerprint density at radius 1 is 0.865 bits per heavy atom. The van der Waals surface area contributed by atoms with Gasteiger partial charge in [0.1, 0.15) is 42.3 Å². The number of halogens is 2. The number of carbonyl (C=O) groups excluding carboxylic acids is 2. The average molecular weight is 516 g/mol. The lowest BCUT2D eigenvalue weighted by atomic mass is 9.97. The third-order valence-electron chi connectivity index (χ3n) is 5.44. The molecule has 3 unspecified atom stereocenters. The molecule has 0 amide bonds. The number of rotatable bonds is 12. The predicted molar refractivity (Wildman–Crippen MR) is 128 cm³/mol. The zero-order chi connectivity index (χ0) is 26.9. The molecule has 0 heterocycles. The van der Waals surface area contributed by atoms with Crippen molar-refractivity contribution in [2.24, 2.45) is 0 Å². The molecular weight excluding hydrogens is 490 g/mol. The fraction of sp³-hybridized carbons (Fsp3) is 0.259. The van der Waals surface area contributed by atoms with Crippen LogP contribution in [0.25, 0.3) is 11.1 Å². The Balaban J connectivity index is 1.59. The summed E-state index contributed by atoms with van der Waals surface area (Å²) >= 11 is 0. The van der Waals surface area contributed by atoms with Crippen LogP contribution in [0.2, 0.25) is 0 Å². The zero-order valence-electron chi connectivity index (χ0n) is 19.6. The molecule has 0 bridgehead atoms. The Kier molecular flexibility index (Phi) is 9.81. The first-order valence-electron chi connectivity index (χ1n) is 11.3. The van der Waals surface area contributed by atoms with E-state index in [4.69, 9.17) is 14.6 Å². The molecule has 10 heteroatoms. The largest absolute Gasteiger partial charge is 0.482 e. The summed E-state index contributed by atoms with van der Waals surface area (Å²) in [6, 6.07) is 16.0. The number of hydrogen-bond acceptors (Lipinski definition) is 8. The van der Waals surface area contributed by atoms with Crippen LogP contribution in [0.4, 0.5) is 8.78 Å². The van der Waals surface area contributed by atoms with Gasteiger partial charge in [-0.3, -0.25) is 4.79 Å². The van der Waals surface area contributed by atoms with Crippen LogP contribution in [-0.4, -0.2) is 70.3 Å². The summed E-state index contributed by atoms with van der Waals surface area (Å²) in [5.41, 5.74) is 1.33. The molecule has 3 rings (SSSR count). The van der Waals surface area contributed by atoms with Crippen LogP contribution in [0.5, 0.6) is 5.75 Å². The van der Waals surface area contributed by atoms with Gasteiger partial charge in [0, 0.05) is 6.42 Å². The summed E-state index contributed by atoms with van der Waals surface area (Å²) in [5.74, 6) is -2.32. The Bertz CT molecular complexity index is 1230. The molecule has 37 heavy (non-hydrogen) atoms. The van der Waals surface area contributed by atoms with Gasteiger partial charge in [0.05, 0.1) is 12.2 Å². The number of ether oxygens (including phenoxy) is 2. The van der Waals surface area contributed by atoms with Crippen LogP contribution in [0.15, 0.2) is 66.7 Å². The number of aliphatic hydroxyl groups excluding tert-OH is 4. The molecule has 0 spiro atoms. The molecule has 4 N–H and O–H groups in total. The average Bonchev–Trinajstić information content (AvgIpc) is 2.90. The van der Waals surface area contributed by atoms with Gasteiger partial charge >= 0.3 is 5.97 Å². The topological polar surface area (TPSA) is 134 Å². The van der Waals surface area contributed by atoms with E-state index < -0.39 is 61.5 Å². The SMILES string of the molecule is O=C(COc1cccc(CC(=O)c2cc(-c3cccc(F)c3)ccc2F)c1)OCC(O)C(O)C(O)CO. The van der Waals surface area contributed by atoms with Crippen molar-refractivity contribution in [2.75, 3.05) is 19.8 Å². The summed E-state index contributed by atoms with van der Waals surface area (Å²) in [7, 11) is 0. The van der Waals surface area contributed by atoms with Crippen LogP contribution < -0.4 is 4.74 Å². The van der Waals surface area contributed by atoms with Crippen molar-refractivity contribution >= 4 is 11.8 Å².